The van der Waals surface area contributed by atoms with Gasteiger partial charge in [-0.3, -0.25) is 14.3 Å². The van der Waals surface area contributed by atoms with Gasteiger partial charge in [-0.25, -0.2) is 0 Å². The van der Waals surface area contributed by atoms with Crippen LogP contribution in [-0.2, 0) is 16.1 Å². The molecule has 0 fully saturated rings. The van der Waals surface area contributed by atoms with Crippen LogP contribution in [0.4, 0.5) is 0 Å². The van der Waals surface area contributed by atoms with Crippen molar-refractivity contribution in [1.29, 1.82) is 0 Å². The van der Waals surface area contributed by atoms with Crippen LogP contribution in [0.25, 0.3) is 0 Å². The highest BCUT2D eigenvalue weighted by Crippen LogP contribution is 2.05. The third-order valence-corrected chi connectivity index (χ3v) is 3.22. The molecule has 0 spiro atoms. The Balaban J connectivity index is 2.54. The molecule has 1 rings (SSSR count). The predicted octanol–water partition coefficient (Wildman–Crippen LogP) is 1.65. The molecule has 1 aromatic heterocycles. The van der Waals surface area contributed by atoms with Crippen molar-refractivity contribution < 1.29 is 9.59 Å². The molecular weight excluding hydrogens is 280 g/mol. The Bertz CT molecular complexity index is 529. The minimum absolute atomic E-state index is 0.0286. The number of amides is 2. The molecule has 124 valence electrons. The Labute approximate surface area is 132 Å². The van der Waals surface area contributed by atoms with Gasteiger partial charge in [0.25, 0.3) is 0 Å². The average molecular weight is 308 g/mol. The Hall–Kier alpha value is -1.85. The maximum atomic E-state index is 12.3. The van der Waals surface area contributed by atoms with Gasteiger partial charge < -0.3 is 10.2 Å². The number of aryl methyl sites for hydroxylation is 3. The number of nitrogens with one attached hydrogen (secondary N) is 1. The highest BCUT2D eigenvalue weighted by molar-refractivity contribution is 5.85. The molecule has 0 radical (unpaired) electrons. The van der Waals surface area contributed by atoms with Gasteiger partial charge in [0.05, 0.1) is 12.2 Å². The first kappa shape index (κ1) is 18.2. The van der Waals surface area contributed by atoms with Crippen LogP contribution in [-0.4, -0.2) is 45.1 Å². The van der Waals surface area contributed by atoms with Gasteiger partial charge in [0.15, 0.2) is 0 Å². The van der Waals surface area contributed by atoms with Crippen LogP contribution in [0.3, 0.4) is 0 Å². The van der Waals surface area contributed by atoms with Gasteiger partial charge in [-0.2, -0.15) is 5.10 Å². The molecule has 0 atom stereocenters. The summed E-state index contributed by atoms with van der Waals surface area (Å²) in [7, 11) is 0. The zero-order valence-corrected chi connectivity index (χ0v) is 14.6. The average Bonchev–Trinajstić information content (AvgIpc) is 2.69. The molecule has 0 aliphatic heterocycles. The lowest BCUT2D eigenvalue weighted by atomic mass is 10.1. The van der Waals surface area contributed by atoms with Gasteiger partial charge in [-0.05, 0) is 47.6 Å². The van der Waals surface area contributed by atoms with Crippen molar-refractivity contribution in [3.63, 3.8) is 0 Å². The fourth-order valence-electron chi connectivity index (χ4n) is 2.27. The number of rotatable bonds is 6. The normalized spacial score (nSPS) is 11.4. The van der Waals surface area contributed by atoms with Crippen LogP contribution in [0, 0.1) is 13.8 Å². The van der Waals surface area contributed by atoms with Crippen molar-refractivity contribution in [2.75, 3.05) is 13.1 Å². The van der Waals surface area contributed by atoms with Crippen molar-refractivity contribution in [3.8, 4) is 0 Å². The quantitative estimate of drug-likeness (QED) is 0.869. The minimum Gasteiger partial charge on any atom is -0.350 e. The molecule has 2 amide bonds. The van der Waals surface area contributed by atoms with E-state index in [1.165, 1.54) is 0 Å². The highest BCUT2D eigenvalue weighted by Gasteiger charge is 2.19. The van der Waals surface area contributed by atoms with E-state index in [2.05, 4.69) is 10.4 Å². The topological polar surface area (TPSA) is 67.2 Å². The lowest BCUT2D eigenvalue weighted by molar-refractivity contribution is -0.136. The second-order valence-corrected chi connectivity index (χ2v) is 6.61. The molecule has 0 aliphatic carbocycles. The van der Waals surface area contributed by atoms with E-state index < -0.39 is 0 Å². The Kier molecular flexibility index (Phi) is 6.14. The van der Waals surface area contributed by atoms with Gasteiger partial charge in [0, 0.05) is 30.7 Å². The number of likely N-dealkylation sites (N-methyl/N-ethyl adjacent to an activating group) is 1. The Morgan fingerprint density at radius 3 is 2.41 bits per heavy atom. The second kappa shape index (κ2) is 7.42. The maximum absolute atomic E-state index is 12.3. The zero-order valence-electron chi connectivity index (χ0n) is 14.6. The predicted molar refractivity (Wildman–Crippen MR) is 86.5 cm³/mol. The molecule has 1 aromatic rings. The summed E-state index contributed by atoms with van der Waals surface area (Å²) in [5.41, 5.74) is 1.70. The van der Waals surface area contributed by atoms with Crippen molar-refractivity contribution >= 4 is 11.8 Å². The fraction of sp³-hybridized carbons (Fsp3) is 0.688. The largest absolute Gasteiger partial charge is 0.350 e. The molecule has 0 aliphatic rings. The number of aromatic nitrogens is 2. The number of nitrogens with zero attached hydrogens (tertiary/aromatic N) is 3. The summed E-state index contributed by atoms with van der Waals surface area (Å²) in [4.78, 5) is 25.8. The third-order valence-electron chi connectivity index (χ3n) is 3.22. The number of hydrogen-bond acceptors (Lipinski definition) is 3. The summed E-state index contributed by atoms with van der Waals surface area (Å²) in [6, 6.07) is 1.98. The van der Waals surface area contributed by atoms with Crippen LogP contribution in [0.2, 0.25) is 0 Å². The molecule has 0 unspecified atom stereocenters. The molecule has 6 nitrogen and oxygen atoms in total. The third kappa shape index (κ3) is 5.87. The molecular formula is C16H28N4O2. The maximum Gasteiger partial charge on any atom is 0.240 e. The number of hydrogen-bond donors (Lipinski definition) is 1. The number of carbonyl (C=O) groups is 2. The molecule has 0 aromatic carbocycles. The van der Waals surface area contributed by atoms with Crippen molar-refractivity contribution in [3.05, 3.63) is 17.5 Å². The van der Waals surface area contributed by atoms with E-state index in [9.17, 15) is 9.59 Å². The van der Waals surface area contributed by atoms with E-state index in [0.29, 0.717) is 19.5 Å². The second-order valence-electron chi connectivity index (χ2n) is 6.61. The molecule has 0 bridgehead atoms. The van der Waals surface area contributed by atoms with Crippen LogP contribution in [0.1, 0.15) is 45.5 Å². The van der Waals surface area contributed by atoms with Crippen molar-refractivity contribution in [2.45, 2.75) is 60.0 Å². The summed E-state index contributed by atoms with van der Waals surface area (Å²) in [5.74, 6) is -0.159. The number of carbonyl (C=O) groups excluding carboxylic acids is 2. The first-order chi connectivity index (χ1) is 10.1. The summed E-state index contributed by atoms with van der Waals surface area (Å²) in [5, 5.41) is 7.22. The fourth-order valence-corrected chi connectivity index (χ4v) is 2.27. The van der Waals surface area contributed by atoms with Gasteiger partial charge in [0.2, 0.25) is 11.8 Å². The minimum atomic E-state index is -0.288. The van der Waals surface area contributed by atoms with Crippen molar-refractivity contribution in [2.24, 2.45) is 0 Å². The molecule has 0 saturated carbocycles. The summed E-state index contributed by atoms with van der Waals surface area (Å²) >= 11 is 0. The molecule has 1 heterocycles. The Morgan fingerprint density at radius 1 is 1.32 bits per heavy atom. The highest BCUT2D eigenvalue weighted by atomic mass is 16.2. The van der Waals surface area contributed by atoms with Crippen molar-refractivity contribution in [1.82, 2.24) is 20.0 Å². The van der Waals surface area contributed by atoms with Gasteiger partial charge in [-0.1, -0.05) is 0 Å². The lowest BCUT2D eigenvalue weighted by Crippen LogP contribution is -2.47. The molecule has 1 N–H and O–H groups in total. The summed E-state index contributed by atoms with van der Waals surface area (Å²) in [6.07, 6.45) is 0.346. The van der Waals surface area contributed by atoms with E-state index >= 15 is 0 Å². The summed E-state index contributed by atoms with van der Waals surface area (Å²) in [6.45, 7) is 12.7. The SMILES string of the molecule is CCN(CC(=O)NC(C)(C)C)C(=O)CCn1nc(C)cc1C. The standard InChI is InChI=1S/C16H28N4O2/c1-7-19(11-14(21)17-16(4,5)6)15(22)8-9-20-13(3)10-12(2)18-20/h10H,7-9,11H2,1-6H3,(H,17,21). The zero-order chi connectivity index (χ0) is 16.9. The van der Waals surface area contributed by atoms with E-state index in [-0.39, 0.29) is 23.9 Å². The van der Waals surface area contributed by atoms with E-state index in [0.717, 1.165) is 11.4 Å². The molecule has 0 saturated heterocycles. The van der Waals surface area contributed by atoms with E-state index in [1.54, 1.807) is 4.90 Å². The first-order valence-electron chi connectivity index (χ1n) is 7.72. The molecule has 22 heavy (non-hydrogen) atoms. The van der Waals surface area contributed by atoms with Crippen LogP contribution >= 0.6 is 0 Å². The van der Waals surface area contributed by atoms with Crippen LogP contribution in [0.5, 0.6) is 0 Å². The van der Waals surface area contributed by atoms with Gasteiger partial charge in [0.1, 0.15) is 0 Å². The van der Waals surface area contributed by atoms with E-state index in [1.807, 2.05) is 52.3 Å². The monoisotopic (exact) mass is 308 g/mol. The van der Waals surface area contributed by atoms with Gasteiger partial charge >= 0.3 is 0 Å². The Morgan fingerprint density at radius 2 is 1.95 bits per heavy atom. The van der Waals surface area contributed by atoms with Gasteiger partial charge in [-0.15, -0.1) is 0 Å². The van der Waals surface area contributed by atoms with Crippen LogP contribution in [0.15, 0.2) is 6.07 Å². The van der Waals surface area contributed by atoms with E-state index in [4.69, 9.17) is 0 Å². The molecule has 6 heteroatoms. The first-order valence-corrected chi connectivity index (χ1v) is 7.72. The van der Waals surface area contributed by atoms with Crippen LogP contribution < -0.4 is 5.32 Å². The smallest absolute Gasteiger partial charge is 0.240 e. The summed E-state index contributed by atoms with van der Waals surface area (Å²) < 4.78 is 1.83. The lowest BCUT2D eigenvalue weighted by Gasteiger charge is -2.25.